The van der Waals surface area contributed by atoms with Crippen LogP contribution in [0.15, 0.2) is 6.20 Å². The second-order valence-corrected chi connectivity index (χ2v) is 4.18. The maximum atomic E-state index is 4.13. The Balaban J connectivity index is 2.23. The molecule has 0 bridgehead atoms. The van der Waals surface area contributed by atoms with Gasteiger partial charge in [-0.15, -0.1) is 5.10 Å². The molecule has 0 spiro atoms. The molecule has 0 aliphatic heterocycles. The maximum Gasteiger partial charge on any atom is 0.0728 e. The summed E-state index contributed by atoms with van der Waals surface area (Å²) in [7, 11) is 0. The fraction of sp³-hybridized carbons (Fsp3) is 0.800. The molecule has 0 atom stereocenters. The molecule has 1 aliphatic rings. The van der Waals surface area contributed by atoms with Gasteiger partial charge in [0.05, 0.1) is 11.9 Å². The highest BCUT2D eigenvalue weighted by molar-refractivity contribution is 5.05. The van der Waals surface area contributed by atoms with E-state index in [0.29, 0.717) is 6.04 Å². The molecule has 1 aromatic rings. The summed E-state index contributed by atoms with van der Waals surface area (Å²) in [6.07, 6.45) is 7.32. The maximum absolute atomic E-state index is 4.13. The number of nitrogens with zero attached hydrogens (tertiary/aromatic N) is 3. The molecule has 13 heavy (non-hydrogen) atoms. The summed E-state index contributed by atoms with van der Waals surface area (Å²) in [6, 6.07) is 0.443. The van der Waals surface area contributed by atoms with Gasteiger partial charge < -0.3 is 0 Å². The van der Waals surface area contributed by atoms with Crippen LogP contribution >= 0.6 is 0 Å². The van der Waals surface area contributed by atoms with E-state index in [1.807, 2.05) is 6.20 Å². The molecule has 0 aromatic carbocycles. The van der Waals surface area contributed by atoms with Crippen LogP contribution in [0.2, 0.25) is 0 Å². The Bertz CT molecular complexity index is 271. The number of hydrogen-bond donors (Lipinski definition) is 0. The van der Waals surface area contributed by atoms with Crippen LogP contribution in [0.3, 0.4) is 0 Å². The minimum Gasteiger partial charge on any atom is -0.247 e. The van der Waals surface area contributed by atoms with Crippen LogP contribution in [0.1, 0.15) is 57.2 Å². The molecular formula is C10H17N3. The quantitative estimate of drug-likeness (QED) is 0.698. The van der Waals surface area contributed by atoms with Crippen LogP contribution in [-0.4, -0.2) is 15.0 Å². The molecular weight excluding hydrogens is 162 g/mol. The zero-order chi connectivity index (χ0) is 9.26. The van der Waals surface area contributed by atoms with Crippen molar-refractivity contribution >= 4 is 0 Å². The highest BCUT2D eigenvalue weighted by Crippen LogP contribution is 2.34. The van der Waals surface area contributed by atoms with Crippen molar-refractivity contribution in [2.24, 2.45) is 0 Å². The Kier molecular flexibility index (Phi) is 2.34. The van der Waals surface area contributed by atoms with Crippen molar-refractivity contribution in [2.45, 2.75) is 51.5 Å². The summed E-state index contributed by atoms with van der Waals surface area (Å²) in [4.78, 5) is 0. The predicted molar refractivity (Wildman–Crippen MR) is 51.6 cm³/mol. The van der Waals surface area contributed by atoms with E-state index < -0.39 is 0 Å². The first-order valence-corrected chi connectivity index (χ1v) is 5.19. The molecule has 3 nitrogen and oxygen atoms in total. The monoisotopic (exact) mass is 179 g/mol. The largest absolute Gasteiger partial charge is 0.247 e. The average Bonchev–Trinajstić information content (AvgIpc) is 2.74. The van der Waals surface area contributed by atoms with Gasteiger partial charge in [-0.2, -0.15) is 0 Å². The van der Waals surface area contributed by atoms with Crippen LogP contribution in [0.5, 0.6) is 0 Å². The zero-order valence-corrected chi connectivity index (χ0v) is 8.40. The van der Waals surface area contributed by atoms with Gasteiger partial charge >= 0.3 is 0 Å². The normalized spacial score (nSPS) is 18.7. The van der Waals surface area contributed by atoms with E-state index in [2.05, 4.69) is 28.8 Å². The van der Waals surface area contributed by atoms with Crippen molar-refractivity contribution in [2.75, 3.05) is 0 Å². The van der Waals surface area contributed by atoms with Crippen LogP contribution in [0, 0.1) is 0 Å². The molecule has 0 radical (unpaired) electrons. The fourth-order valence-corrected chi connectivity index (χ4v) is 2.17. The second kappa shape index (κ2) is 3.48. The van der Waals surface area contributed by atoms with Gasteiger partial charge in [-0.05, 0) is 26.7 Å². The Hall–Kier alpha value is -0.860. The molecule has 0 saturated heterocycles. The molecule has 1 fully saturated rings. The van der Waals surface area contributed by atoms with Crippen LogP contribution in [0.4, 0.5) is 0 Å². The van der Waals surface area contributed by atoms with Crippen LogP contribution in [0.25, 0.3) is 0 Å². The first kappa shape index (κ1) is 8.73. The van der Waals surface area contributed by atoms with Crippen molar-refractivity contribution in [3.8, 4) is 0 Å². The van der Waals surface area contributed by atoms with Crippen LogP contribution < -0.4 is 0 Å². The van der Waals surface area contributed by atoms with E-state index in [1.165, 1.54) is 31.4 Å². The summed E-state index contributed by atoms with van der Waals surface area (Å²) >= 11 is 0. The zero-order valence-electron chi connectivity index (χ0n) is 8.40. The lowest BCUT2D eigenvalue weighted by molar-refractivity contribution is 0.474. The van der Waals surface area contributed by atoms with Crippen molar-refractivity contribution in [1.29, 1.82) is 0 Å². The molecule has 1 saturated carbocycles. The molecule has 0 amide bonds. The van der Waals surface area contributed by atoms with Crippen molar-refractivity contribution < 1.29 is 0 Å². The topological polar surface area (TPSA) is 30.7 Å². The summed E-state index contributed by atoms with van der Waals surface area (Å²) < 4.78 is 2.07. The SMILES string of the molecule is CC(C)n1nncc1C1CCCC1. The van der Waals surface area contributed by atoms with E-state index in [1.54, 1.807) is 0 Å². The van der Waals surface area contributed by atoms with Gasteiger partial charge in [-0.3, -0.25) is 0 Å². The van der Waals surface area contributed by atoms with Gasteiger partial charge in [0, 0.05) is 12.0 Å². The van der Waals surface area contributed by atoms with E-state index in [-0.39, 0.29) is 0 Å². The predicted octanol–water partition coefficient (Wildman–Crippen LogP) is 2.52. The Labute approximate surface area is 79.1 Å². The van der Waals surface area contributed by atoms with Crippen molar-refractivity contribution in [1.82, 2.24) is 15.0 Å². The van der Waals surface area contributed by atoms with E-state index >= 15 is 0 Å². The van der Waals surface area contributed by atoms with Crippen molar-refractivity contribution in [3.63, 3.8) is 0 Å². The minimum atomic E-state index is 0.443. The van der Waals surface area contributed by atoms with Crippen LogP contribution in [-0.2, 0) is 0 Å². The van der Waals surface area contributed by atoms with Crippen molar-refractivity contribution in [3.05, 3.63) is 11.9 Å². The molecule has 2 rings (SSSR count). The molecule has 1 aliphatic carbocycles. The van der Waals surface area contributed by atoms with Gasteiger partial charge in [0.15, 0.2) is 0 Å². The van der Waals surface area contributed by atoms with E-state index in [9.17, 15) is 0 Å². The summed E-state index contributed by atoms with van der Waals surface area (Å²) in [5, 5.41) is 8.13. The average molecular weight is 179 g/mol. The Morgan fingerprint density at radius 1 is 1.38 bits per heavy atom. The lowest BCUT2D eigenvalue weighted by atomic mass is 10.0. The summed E-state index contributed by atoms with van der Waals surface area (Å²) in [5.74, 6) is 0.720. The standard InChI is InChI=1S/C10H17N3/c1-8(2)13-10(7-11-12-13)9-5-3-4-6-9/h7-9H,3-6H2,1-2H3. The van der Waals surface area contributed by atoms with Gasteiger partial charge in [-0.25, -0.2) is 4.68 Å². The first-order valence-electron chi connectivity index (χ1n) is 5.19. The summed E-state index contributed by atoms with van der Waals surface area (Å²) in [6.45, 7) is 4.32. The van der Waals surface area contributed by atoms with Gasteiger partial charge in [-0.1, -0.05) is 18.1 Å². The molecule has 0 unspecified atom stereocenters. The number of hydrogen-bond acceptors (Lipinski definition) is 2. The molecule has 1 heterocycles. The van der Waals surface area contributed by atoms with E-state index in [4.69, 9.17) is 0 Å². The highest BCUT2D eigenvalue weighted by Gasteiger charge is 2.21. The Morgan fingerprint density at radius 3 is 2.69 bits per heavy atom. The lowest BCUT2D eigenvalue weighted by Crippen LogP contribution is -2.09. The smallest absolute Gasteiger partial charge is 0.0728 e. The third-order valence-corrected chi connectivity index (χ3v) is 2.87. The molecule has 3 heteroatoms. The third-order valence-electron chi connectivity index (χ3n) is 2.87. The minimum absolute atomic E-state index is 0.443. The molecule has 72 valence electrons. The molecule has 1 aromatic heterocycles. The van der Waals surface area contributed by atoms with Gasteiger partial charge in [0.25, 0.3) is 0 Å². The number of rotatable bonds is 2. The number of aromatic nitrogens is 3. The third kappa shape index (κ3) is 1.60. The van der Waals surface area contributed by atoms with Gasteiger partial charge in [0.1, 0.15) is 0 Å². The van der Waals surface area contributed by atoms with E-state index in [0.717, 1.165) is 5.92 Å². The summed E-state index contributed by atoms with van der Waals surface area (Å²) in [5.41, 5.74) is 1.34. The molecule has 0 N–H and O–H groups in total. The second-order valence-electron chi connectivity index (χ2n) is 4.18. The van der Waals surface area contributed by atoms with Gasteiger partial charge in [0.2, 0.25) is 0 Å². The highest BCUT2D eigenvalue weighted by atomic mass is 15.4. The Morgan fingerprint density at radius 2 is 2.08 bits per heavy atom. The lowest BCUT2D eigenvalue weighted by Gasteiger charge is -2.13. The first-order chi connectivity index (χ1) is 6.29. The fourth-order valence-electron chi connectivity index (χ4n) is 2.17.